The fraction of sp³-hybridized carbons (Fsp3) is 0.214. The van der Waals surface area contributed by atoms with Gasteiger partial charge in [0.1, 0.15) is 12.5 Å². The molecule has 0 saturated heterocycles. The van der Waals surface area contributed by atoms with Crippen molar-refractivity contribution in [2.45, 2.75) is 13.8 Å². The van der Waals surface area contributed by atoms with Crippen LogP contribution in [0.2, 0.25) is 5.02 Å². The summed E-state index contributed by atoms with van der Waals surface area (Å²) in [5.41, 5.74) is 3.56. The molecule has 0 saturated carbocycles. The summed E-state index contributed by atoms with van der Waals surface area (Å²) in [5, 5.41) is 9.01. The molecule has 2 aliphatic heterocycles. The molecular formula is C14H13ClN4. The monoisotopic (exact) mass is 272 g/mol. The predicted octanol–water partition coefficient (Wildman–Crippen LogP) is 3.28. The molecule has 3 rings (SSSR count). The molecule has 0 aromatic heterocycles. The summed E-state index contributed by atoms with van der Waals surface area (Å²) < 4.78 is 0. The van der Waals surface area contributed by atoms with Crippen LogP contribution in [0.5, 0.6) is 0 Å². The van der Waals surface area contributed by atoms with E-state index in [1.54, 1.807) is 4.90 Å². The van der Waals surface area contributed by atoms with Crippen molar-refractivity contribution in [1.29, 1.82) is 5.41 Å². The molecule has 2 heterocycles. The number of allylic oxidation sites excluding steroid dienone is 1. The van der Waals surface area contributed by atoms with Crippen molar-refractivity contribution in [3.63, 3.8) is 0 Å². The molecule has 0 spiro atoms. The molecular weight excluding hydrogens is 260 g/mol. The first-order valence-corrected chi connectivity index (χ1v) is 6.39. The Bertz CT molecular complexity index is 670. The van der Waals surface area contributed by atoms with Crippen molar-refractivity contribution in [2.24, 2.45) is 9.98 Å². The highest BCUT2D eigenvalue weighted by molar-refractivity contribution is 6.38. The third-order valence-corrected chi connectivity index (χ3v) is 3.75. The van der Waals surface area contributed by atoms with Crippen LogP contribution in [-0.2, 0) is 0 Å². The van der Waals surface area contributed by atoms with Gasteiger partial charge in [-0.1, -0.05) is 23.7 Å². The quantitative estimate of drug-likeness (QED) is 0.838. The fourth-order valence-corrected chi connectivity index (χ4v) is 2.49. The van der Waals surface area contributed by atoms with Gasteiger partial charge in [0.2, 0.25) is 0 Å². The summed E-state index contributed by atoms with van der Waals surface area (Å²) in [5.74, 6) is 1.08. The molecule has 0 radical (unpaired) electrons. The molecule has 96 valence electrons. The van der Waals surface area contributed by atoms with Crippen LogP contribution in [0, 0.1) is 5.41 Å². The van der Waals surface area contributed by atoms with Crippen molar-refractivity contribution in [2.75, 3.05) is 11.6 Å². The minimum Gasteiger partial charge on any atom is -0.305 e. The Kier molecular flexibility index (Phi) is 2.75. The summed E-state index contributed by atoms with van der Waals surface area (Å²) in [6.45, 7) is 4.29. The van der Waals surface area contributed by atoms with Crippen LogP contribution < -0.4 is 4.90 Å². The molecule has 0 bridgehead atoms. The molecule has 0 atom stereocenters. The normalized spacial score (nSPS) is 18.5. The lowest BCUT2D eigenvalue weighted by Crippen LogP contribution is -2.38. The average molecular weight is 273 g/mol. The average Bonchev–Trinajstić information content (AvgIpc) is 2.68. The van der Waals surface area contributed by atoms with Crippen molar-refractivity contribution >= 4 is 34.7 Å². The van der Waals surface area contributed by atoms with E-state index in [9.17, 15) is 0 Å². The largest absolute Gasteiger partial charge is 0.305 e. The third-order valence-electron chi connectivity index (χ3n) is 3.43. The molecule has 0 amide bonds. The van der Waals surface area contributed by atoms with Gasteiger partial charge < -0.3 is 4.90 Å². The standard InChI is InChI=1S/C14H13ClN4/c1-8-9(2)18-14-12(8)13(16)19(7-17-14)11-6-4-3-5-10(11)15/h3-6,16H,7H2,1-2H3. The lowest BCUT2D eigenvalue weighted by Gasteiger charge is -2.28. The van der Waals surface area contributed by atoms with Gasteiger partial charge in [0.05, 0.1) is 16.3 Å². The molecule has 2 aliphatic rings. The summed E-state index contributed by atoms with van der Waals surface area (Å²) in [4.78, 5) is 10.6. The van der Waals surface area contributed by atoms with Crippen LogP contribution in [0.4, 0.5) is 5.69 Å². The first kappa shape index (κ1) is 12.1. The van der Waals surface area contributed by atoms with Gasteiger partial charge >= 0.3 is 0 Å². The number of amidine groups is 2. The molecule has 0 fully saturated rings. The first-order valence-electron chi connectivity index (χ1n) is 6.02. The highest BCUT2D eigenvalue weighted by Gasteiger charge is 2.31. The van der Waals surface area contributed by atoms with Crippen molar-refractivity contribution in [3.8, 4) is 0 Å². The van der Waals surface area contributed by atoms with Crippen LogP contribution in [0.3, 0.4) is 0 Å². The Morgan fingerprint density at radius 3 is 2.74 bits per heavy atom. The molecule has 1 N–H and O–H groups in total. The van der Waals surface area contributed by atoms with Crippen molar-refractivity contribution < 1.29 is 0 Å². The van der Waals surface area contributed by atoms with E-state index in [0.29, 0.717) is 23.4 Å². The zero-order valence-corrected chi connectivity index (χ0v) is 11.5. The highest BCUT2D eigenvalue weighted by Crippen LogP contribution is 2.31. The van der Waals surface area contributed by atoms with E-state index in [4.69, 9.17) is 17.0 Å². The second kappa shape index (κ2) is 4.31. The number of halogens is 1. The van der Waals surface area contributed by atoms with Crippen LogP contribution in [0.25, 0.3) is 0 Å². The topological polar surface area (TPSA) is 51.8 Å². The summed E-state index contributed by atoms with van der Waals surface area (Å²) in [6, 6.07) is 7.50. The minimum absolute atomic E-state index is 0.380. The molecule has 1 aromatic rings. The number of aliphatic imine (C=N–C) groups is 2. The summed E-state index contributed by atoms with van der Waals surface area (Å²) in [6.07, 6.45) is 0. The number of nitrogens with one attached hydrogen (secondary N) is 1. The fourth-order valence-electron chi connectivity index (χ4n) is 2.26. The van der Waals surface area contributed by atoms with Gasteiger partial charge in [-0.25, -0.2) is 9.98 Å². The Hall–Kier alpha value is -1.94. The number of anilines is 1. The number of para-hydroxylation sites is 1. The Balaban J connectivity index is 2.07. The van der Waals surface area contributed by atoms with Gasteiger partial charge in [0.15, 0.2) is 5.84 Å². The van der Waals surface area contributed by atoms with Gasteiger partial charge in [0.25, 0.3) is 0 Å². The van der Waals surface area contributed by atoms with E-state index in [1.807, 2.05) is 38.1 Å². The lowest BCUT2D eigenvalue weighted by molar-refractivity contribution is 0.982. The number of fused-ring (bicyclic) bond motifs is 1. The lowest BCUT2D eigenvalue weighted by atomic mass is 10.1. The molecule has 0 unspecified atom stereocenters. The van der Waals surface area contributed by atoms with E-state index >= 15 is 0 Å². The van der Waals surface area contributed by atoms with Gasteiger partial charge in [-0.2, -0.15) is 0 Å². The molecule has 19 heavy (non-hydrogen) atoms. The van der Waals surface area contributed by atoms with Gasteiger partial charge in [-0.3, -0.25) is 5.41 Å². The molecule has 5 heteroatoms. The van der Waals surface area contributed by atoms with Crippen molar-refractivity contribution in [3.05, 3.63) is 40.4 Å². The van der Waals surface area contributed by atoms with Gasteiger partial charge in [-0.15, -0.1) is 0 Å². The smallest absolute Gasteiger partial charge is 0.160 e. The molecule has 4 nitrogen and oxygen atoms in total. The number of rotatable bonds is 1. The summed E-state index contributed by atoms with van der Waals surface area (Å²) >= 11 is 6.20. The number of benzene rings is 1. The molecule has 1 aromatic carbocycles. The van der Waals surface area contributed by atoms with E-state index in [0.717, 1.165) is 22.5 Å². The van der Waals surface area contributed by atoms with E-state index < -0.39 is 0 Å². The van der Waals surface area contributed by atoms with Crippen LogP contribution in [0.1, 0.15) is 13.8 Å². The molecule has 0 aliphatic carbocycles. The summed E-state index contributed by atoms with van der Waals surface area (Å²) in [7, 11) is 0. The number of nitrogens with zero attached hydrogens (tertiary/aromatic N) is 3. The van der Waals surface area contributed by atoms with Crippen LogP contribution in [-0.4, -0.2) is 24.1 Å². The highest BCUT2D eigenvalue weighted by atomic mass is 35.5. The zero-order valence-electron chi connectivity index (χ0n) is 10.7. The SMILES string of the molecule is CC1=NC2=NCN(c3ccccc3Cl)C(=N)C2=C1C. The third kappa shape index (κ3) is 1.79. The number of hydrogen-bond acceptors (Lipinski definition) is 3. The predicted molar refractivity (Wildman–Crippen MR) is 79.8 cm³/mol. The maximum Gasteiger partial charge on any atom is 0.160 e. The van der Waals surface area contributed by atoms with Gasteiger partial charge in [-0.05, 0) is 31.6 Å². The Labute approximate surface area is 116 Å². The van der Waals surface area contributed by atoms with Gasteiger partial charge in [0, 0.05) is 5.71 Å². The Morgan fingerprint density at radius 1 is 1.26 bits per heavy atom. The second-order valence-electron chi connectivity index (χ2n) is 4.55. The van der Waals surface area contributed by atoms with Crippen molar-refractivity contribution in [1.82, 2.24) is 0 Å². The maximum absolute atomic E-state index is 8.38. The van der Waals surface area contributed by atoms with Crippen LogP contribution in [0.15, 0.2) is 45.4 Å². The maximum atomic E-state index is 8.38. The minimum atomic E-state index is 0.380. The Morgan fingerprint density at radius 2 is 2.00 bits per heavy atom. The van der Waals surface area contributed by atoms with Crippen LogP contribution >= 0.6 is 11.6 Å². The first-order chi connectivity index (χ1) is 9.09. The van der Waals surface area contributed by atoms with E-state index in [2.05, 4.69) is 9.98 Å². The second-order valence-corrected chi connectivity index (χ2v) is 4.96. The van der Waals surface area contributed by atoms with E-state index in [-0.39, 0.29) is 0 Å². The van der Waals surface area contributed by atoms with E-state index in [1.165, 1.54) is 0 Å². The zero-order chi connectivity index (χ0) is 13.6. The number of hydrogen-bond donors (Lipinski definition) is 1.